The standard InChI is InChI=1S/C17H21NO5/c1-10(2)21-16(20)18-7-5-6-13(19)11-8-14-15(9-12(11)18)23-17(3,4)22-14/h8-10H,5-7H2,1-4H3. The molecule has 2 aliphatic rings. The third-order valence-corrected chi connectivity index (χ3v) is 3.71. The summed E-state index contributed by atoms with van der Waals surface area (Å²) in [5, 5.41) is 0. The first-order chi connectivity index (χ1) is 10.8. The van der Waals surface area contributed by atoms with Crippen molar-refractivity contribution < 1.29 is 23.8 Å². The van der Waals surface area contributed by atoms with Gasteiger partial charge in [-0.25, -0.2) is 4.79 Å². The van der Waals surface area contributed by atoms with Crippen molar-refractivity contribution in [1.29, 1.82) is 0 Å². The highest BCUT2D eigenvalue weighted by Crippen LogP contribution is 2.44. The van der Waals surface area contributed by atoms with E-state index in [1.54, 1.807) is 39.8 Å². The fourth-order valence-corrected chi connectivity index (χ4v) is 2.81. The average molecular weight is 319 g/mol. The number of ketones is 1. The van der Waals surface area contributed by atoms with Crippen LogP contribution in [0.4, 0.5) is 10.5 Å². The molecule has 0 radical (unpaired) electrons. The van der Waals surface area contributed by atoms with Gasteiger partial charge in [-0.2, -0.15) is 0 Å². The molecule has 0 saturated heterocycles. The lowest BCUT2D eigenvalue weighted by Crippen LogP contribution is -2.34. The van der Waals surface area contributed by atoms with Crippen molar-refractivity contribution in [3.05, 3.63) is 17.7 Å². The Bertz CT molecular complexity index is 665. The van der Waals surface area contributed by atoms with Gasteiger partial charge in [0.15, 0.2) is 17.3 Å². The van der Waals surface area contributed by atoms with E-state index in [0.29, 0.717) is 42.1 Å². The third kappa shape index (κ3) is 2.98. The summed E-state index contributed by atoms with van der Waals surface area (Å²) in [5.74, 6) is 0.275. The highest BCUT2D eigenvalue weighted by molar-refractivity contribution is 6.06. The predicted octanol–water partition coefficient (Wildman–Crippen LogP) is 3.52. The molecule has 0 spiro atoms. The van der Waals surface area contributed by atoms with Crippen molar-refractivity contribution in [2.75, 3.05) is 11.4 Å². The molecule has 23 heavy (non-hydrogen) atoms. The van der Waals surface area contributed by atoms with E-state index >= 15 is 0 Å². The number of benzene rings is 1. The highest BCUT2D eigenvalue weighted by atomic mass is 16.7. The fourth-order valence-electron chi connectivity index (χ4n) is 2.81. The topological polar surface area (TPSA) is 65.1 Å². The Morgan fingerprint density at radius 1 is 1.26 bits per heavy atom. The molecular formula is C17H21NO5. The van der Waals surface area contributed by atoms with Crippen molar-refractivity contribution in [2.24, 2.45) is 0 Å². The second-order valence-corrected chi connectivity index (χ2v) is 6.53. The molecule has 0 fully saturated rings. The number of fused-ring (bicyclic) bond motifs is 2. The number of carbonyl (C=O) groups excluding carboxylic acids is 2. The van der Waals surface area contributed by atoms with Crippen molar-refractivity contribution in [1.82, 2.24) is 0 Å². The number of carbonyl (C=O) groups is 2. The van der Waals surface area contributed by atoms with Gasteiger partial charge < -0.3 is 14.2 Å². The van der Waals surface area contributed by atoms with Crippen LogP contribution >= 0.6 is 0 Å². The molecule has 1 aromatic carbocycles. The van der Waals surface area contributed by atoms with Gasteiger partial charge in [-0.15, -0.1) is 0 Å². The Hall–Kier alpha value is -2.24. The lowest BCUT2D eigenvalue weighted by molar-refractivity contribution is -0.0431. The van der Waals surface area contributed by atoms with Crippen molar-refractivity contribution in [3.63, 3.8) is 0 Å². The minimum atomic E-state index is -0.783. The predicted molar refractivity (Wildman–Crippen MR) is 84.3 cm³/mol. The number of ether oxygens (including phenoxy) is 3. The molecule has 0 saturated carbocycles. The molecule has 0 aliphatic carbocycles. The monoisotopic (exact) mass is 319 g/mol. The summed E-state index contributed by atoms with van der Waals surface area (Å²) in [7, 11) is 0. The Kier molecular flexibility index (Phi) is 3.70. The zero-order valence-corrected chi connectivity index (χ0v) is 13.8. The first kappa shape index (κ1) is 15.6. The maximum absolute atomic E-state index is 12.4. The van der Waals surface area contributed by atoms with Crippen LogP contribution in [0.3, 0.4) is 0 Å². The van der Waals surface area contributed by atoms with Gasteiger partial charge >= 0.3 is 6.09 Å². The number of anilines is 1. The summed E-state index contributed by atoms with van der Waals surface area (Å²) in [4.78, 5) is 26.3. The lowest BCUT2D eigenvalue weighted by Gasteiger charge is -2.23. The first-order valence-corrected chi connectivity index (χ1v) is 7.84. The average Bonchev–Trinajstić information content (AvgIpc) is 2.64. The van der Waals surface area contributed by atoms with Crippen LogP contribution in [0.2, 0.25) is 0 Å². The van der Waals surface area contributed by atoms with Crippen LogP contribution in [0.5, 0.6) is 11.5 Å². The van der Waals surface area contributed by atoms with E-state index in [-0.39, 0.29) is 11.9 Å². The van der Waals surface area contributed by atoms with Gasteiger partial charge in [0.25, 0.3) is 0 Å². The van der Waals surface area contributed by atoms with Crippen LogP contribution < -0.4 is 14.4 Å². The molecule has 0 bridgehead atoms. The number of hydrogen-bond acceptors (Lipinski definition) is 5. The summed E-state index contributed by atoms with van der Waals surface area (Å²) >= 11 is 0. The molecule has 0 aromatic heterocycles. The maximum Gasteiger partial charge on any atom is 0.414 e. The van der Waals surface area contributed by atoms with Gasteiger partial charge in [-0.05, 0) is 26.3 Å². The van der Waals surface area contributed by atoms with Crippen LogP contribution in [0.1, 0.15) is 50.9 Å². The number of Topliss-reactive ketones (excluding diaryl/α,β-unsaturated/α-hetero) is 1. The van der Waals surface area contributed by atoms with E-state index in [4.69, 9.17) is 14.2 Å². The number of rotatable bonds is 1. The quantitative estimate of drug-likeness (QED) is 0.792. The van der Waals surface area contributed by atoms with E-state index < -0.39 is 11.9 Å². The third-order valence-electron chi connectivity index (χ3n) is 3.71. The normalized spacial score (nSPS) is 18.7. The van der Waals surface area contributed by atoms with Gasteiger partial charge in [0.2, 0.25) is 5.79 Å². The maximum atomic E-state index is 12.4. The van der Waals surface area contributed by atoms with Crippen LogP contribution in [-0.4, -0.2) is 30.3 Å². The summed E-state index contributed by atoms with van der Waals surface area (Å²) in [6, 6.07) is 3.37. The van der Waals surface area contributed by atoms with Crippen molar-refractivity contribution in [2.45, 2.75) is 52.4 Å². The van der Waals surface area contributed by atoms with Crippen LogP contribution in [-0.2, 0) is 4.74 Å². The van der Waals surface area contributed by atoms with E-state index in [1.165, 1.54) is 4.90 Å². The summed E-state index contributed by atoms with van der Waals surface area (Å²) < 4.78 is 16.7. The largest absolute Gasteiger partial charge is 0.449 e. The highest BCUT2D eigenvalue weighted by Gasteiger charge is 2.36. The number of hydrogen-bond donors (Lipinski definition) is 0. The van der Waals surface area contributed by atoms with Gasteiger partial charge in [-0.3, -0.25) is 9.69 Å². The first-order valence-electron chi connectivity index (χ1n) is 7.84. The Morgan fingerprint density at radius 3 is 2.57 bits per heavy atom. The molecule has 1 aromatic rings. The fraction of sp³-hybridized carbons (Fsp3) is 0.529. The molecule has 0 unspecified atom stereocenters. The van der Waals surface area contributed by atoms with Gasteiger partial charge in [0.1, 0.15) is 0 Å². The number of nitrogens with zero attached hydrogens (tertiary/aromatic N) is 1. The molecular weight excluding hydrogens is 298 g/mol. The molecule has 6 heteroatoms. The molecule has 124 valence electrons. The smallest absolute Gasteiger partial charge is 0.414 e. The van der Waals surface area contributed by atoms with E-state index in [0.717, 1.165) is 0 Å². The SMILES string of the molecule is CC(C)OC(=O)N1CCCC(=O)c2cc3c(cc21)OC(C)(C)O3. The van der Waals surface area contributed by atoms with Gasteiger partial charge in [0.05, 0.1) is 11.8 Å². The Balaban J connectivity index is 2.04. The second kappa shape index (κ2) is 5.44. The molecule has 2 aliphatic heterocycles. The zero-order chi connectivity index (χ0) is 16.8. The lowest BCUT2D eigenvalue weighted by atomic mass is 10.1. The van der Waals surface area contributed by atoms with E-state index in [1.807, 2.05) is 0 Å². The molecule has 6 nitrogen and oxygen atoms in total. The summed E-state index contributed by atoms with van der Waals surface area (Å²) in [5.41, 5.74) is 1.00. The minimum absolute atomic E-state index is 0.00375. The van der Waals surface area contributed by atoms with Crippen molar-refractivity contribution >= 4 is 17.6 Å². The minimum Gasteiger partial charge on any atom is -0.449 e. The van der Waals surface area contributed by atoms with Gasteiger partial charge in [-0.1, -0.05) is 0 Å². The van der Waals surface area contributed by atoms with Crippen LogP contribution in [0, 0.1) is 0 Å². The molecule has 0 N–H and O–H groups in total. The second-order valence-electron chi connectivity index (χ2n) is 6.53. The van der Waals surface area contributed by atoms with Crippen LogP contribution in [0.25, 0.3) is 0 Å². The van der Waals surface area contributed by atoms with Crippen LogP contribution in [0.15, 0.2) is 12.1 Å². The zero-order valence-electron chi connectivity index (χ0n) is 13.8. The number of amides is 1. The van der Waals surface area contributed by atoms with E-state index in [2.05, 4.69) is 0 Å². The Morgan fingerprint density at radius 2 is 1.91 bits per heavy atom. The van der Waals surface area contributed by atoms with Crippen molar-refractivity contribution in [3.8, 4) is 11.5 Å². The molecule has 1 amide bonds. The van der Waals surface area contributed by atoms with E-state index in [9.17, 15) is 9.59 Å². The molecule has 0 atom stereocenters. The molecule has 3 rings (SSSR count). The Labute approximate surface area is 135 Å². The summed E-state index contributed by atoms with van der Waals surface area (Å²) in [6.45, 7) is 7.62. The summed E-state index contributed by atoms with van der Waals surface area (Å²) in [6.07, 6.45) is 0.312. The van der Waals surface area contributed by atoms with Gasteiger partial charge in [0, 0.05) is 38.4 Å². The molecule has 2 heterocycles.